The van der Waals surface area contributed by atoms with E-state index in [9.17, 15) is 0 Å². The van der Waals surface area contributed by atoms with Crippen molar-refractivity contribution in [1.82, 2.24) is 0 Å². The Bertz CT molecular complexity index is 768. The molecular formula is C24H35BN2O. The normalized spacial score (nSPS) is 27.4. The van der Waals surface area contributed by atoms with Gasteiger partial charge in [-0.2, -0.15) is 0 Å². The average Bonchev–Trinajstić information content (AvgIpc) is 2.70. The summed E-state index contributed by atoms with van der Waals surface area (Å²) in [5.74, 6) is 0.708. The maximum atomic E-state index is 6.62. The standard InChI is InChI=1S/C24H35BN2O/c1-16(28-21-14-13-17-9-6-7-11-19(17)23(21)26)24(2,3)22-18(15-25-4)10-8-12-20(22)27-5/h6-14,16-17,19,21,23,25,27H,15,26H2,1-5H3/t16?,17?,19-,21?,23?/m0/s1. The molecule has 0 aromatic heterocycles. The lowest BCUT2D eigenvalue weighted by molar-refractivity contribution is -0.0348. The SMILES string of the molecule is CBCc1cccc(NC)c1C(C)(C)C(C)OC1C=CC2C=CC=C[C@@H]2C1N. The summed E-state index contributed by atoms with van der Waals surface area (Å²) in [4.78, 5) is 0. The minimum Gasteiger partial charge on any atom is -0.388 e. The van der Waals surface area contributed by atoms with Crippen LogP contribution in [0.25, 0.3) is 0 Å². The predicted octanol–water partition coefficient (Wildman–Crippen LogP) is 4.02. The number of nitrogens with two attached hydrogens (primary N) is 1. The molecule has 5 atom stereocenters. The number of ether oxygens (including phenoxy) is 1. The van der Waals surface area contributed by atoms with Crippen molar-refractivity contribution < 1.29 is 4.74 Å². The van der Waals surface area contributed by atoms with E-state index in [1.165, 1.54) is 16.8 Å². The fraction of sp³-hybridized carbons (Fsp3) is 0.500. The summed E-state index contributed by atoms with van der Waals surface area (Å²) in [7, 11) is 3.13. The second kappa shape index (κ2) is 8.71. The van der Waals surface area contributed by atoms with Gasteiger partial charge in [0, 0.05) is 36.0 Å². The molecule has 0 bridgehead atoms. The highest BCUT2D eigenvalue weighted by molar-refractivity contribution is 6.33. The molecule has 2 aliphatic carbocycles. The second-order valence-electron chi connectivity index (χ2n) is 8.69. The average molecular weight is 378 g/mol. The third-order valence-corrected chi connectivity index (χ3v) is 6.53. The fourth-order valence-corrected chi connectivity index (χ4v) is 4.60. The Morgan fingerprint density at radius 2 is 1.93 bits per heavy atom. The van der Waals surface area contributed by atoms with Gasteiger partial charge < -0.3 is 15.8 Å². The molecule has 4 unspecified atom stereocenters. The minimum atomic E-state index is -0.142. The van der Waals surface area contributed by atoms with Crippen LogP contribution < -0.4 is 11.1 Å². The minimum absolute atomic E-state index is 0.0240. The van der Waals surface area contributed by atoms with Crippen LogP contribution in [-0.4, -0.2) is 32.6 Å². The van der Waals surface area contributed by atoms with E-state index >= 15 is 0 Å². The number of nitrogens with one attached hydrogen (secondary N) is 1. The lowest BCUT2D eigenvalue weighted by Gasteiger charge is -2.41. The van der Waals surface area contributed by atoms with Gasteiger partial charge in [0.25, 0.3) is 0 Å². The van der Waals surface area contributed by atoms with Crippen molar-refractivity contribution in [3.63, 3.8) is 0 Å². The van der Waals surface area contributed by atoms with Gasteiger partial charge in [-0.05, 0) is 24.1 Å². The number of hydrogen-bond donors (Lipinski definition) is 2. The summed E-state index contributed by atoms with van der Waals surface area (Å²) in [5.41, 5.74) is 10.4. The van der Waals surface area contributed by atoms with E-state index in [2.05, 4.69) is 87.6 Å². The maximum absolute atomic E-state index is 6.62. The Morgan fingerprint density at radius 1 is 1.18 bits per heavy atom. The van der Waals surface area contributed by atoms with Crippen LogP contribution in [0.2, 0.25) is 6.82 Å². The van der Waals surface area contributed by atoms with E-state index in [0.717, 1.165) is 13.6 Å². The van der Waals surface area contributed by atoms with Crippen LogP contribution in [0.4, 0.5) is 5.69 Å². The smallest absolute Gasteiger partial charge is 0.122 e. The van der Waals surface area contributed by atoms with Crippen LogP contribution in [0.1, 0.15) is 31.9 Å². The number of benzene rings is 1. The van der Waals surface area contributed by atoms with Crippen LogP contribution in [0.15, 0.2) is 54.7 Å². The van der Waals surface area contributed by atoms with E-state index in [1.807, 2.05) is 7.05 Å². The zero-order chi connectivity index (χ0) is 20.3. The fourth-order valence-electron chi connectivity index (χ4n) is 4.60. The van der Waals surface area contributed by atoms with Crippen molar-refractivity contribution in [2.24, 2.45) is 17.6 Å². The van der Waals surface area contributed by atoms with Crippen molar-refractivity contribution in [1.29, 1.82) is 0 Å². The summed E-state index contributed by atoms with van der Waals surface area (Å²) in [6.07, 6.45) is 14.1. The van der Waals surface area contributed by atoms with Crippen molar-refractivity contribution in [3.05, 3.63) is 65.8 Å². The number of hydrogen-bond acceptors (Lipinski definition) is 3. The molecule has 0 saturated heterocycles. The summed E-state index contributed by atoms with van der Waals surface area (Å²) in [6, 6.07) is 6.54. The van der Waals surface area contributed by atoms with Crippen molar-refractivity contribution in [2.45, 2.75) is 57.6 Å². The molecule has 0 heterocycles. The Hall–Kier alpha value is -1.78. The van der Waals surface area contributed by atoms with Gasteiger partial charge in [0.15, 0.2) is 0 Å². The second-order valence-corrected chi connectivity index (χ2v) is 8.69. The van der Waals surface area contributed by atoms with E-state index < -0.39 is 0 Å². The monoisotopic (exact) mass is 378 g/mol. The molecule has 0 aliphatic heterocycles. The first-order valence-corrected chi connectivity index (χ1v) is 10.6. The molecule has 1 aromatic carbocycles. The molecule has 3 rings (SSSR count). The van der Waals surface area contributed by atoms with Crippen LogP contribution >= 0.6 is 0 Å². The molecule has 3 nitrogen and oxygen atoms in total. The first-order valence-electron chi connectivity index (χ1n) is 10.6. The molecule has 0 spiro atoms. The lowest BCUT2D eigenvalue weighted by atomic mass is 9.69. The topological polar surface area (TPSA) is 47.3 Å². The maximum Gasteiger partial charge on any atom is 0.122 e. The quantitative estimate of drug-likeness (QED) is 0.557. The van der Waals surface area contributed by atoms with Gasteiger partial charge >= 0.3 is 0 Å². The summed E-state index contributed by atoms with van der Waals surface area (Å²) in [5, 5.41) is 3.39. The molecule has 0 saturated carbocycles. The molecule has 4 heteroatoms. The van der Waals surface area contributed by atoms with Crippen molar-refractivity contribution in [3.8, 4) is 0 Å². The first-order chi connectivity index (χ1) is 13.4. The lowest BCUT2D eigenvalue weighted by Crippen LogP contribution is -2.49. The molecular weight excluding hydrogens is 343 g/mol. The van der Waals surface area contributed by atoms with Crippen molar-refractivity contribution >= 4 is 13.0 Å². The summed E-state index contributed by atoms with van der Waals surface area (Å²) in [6.45, 7) is 9.00. The molecule has 0 fully saturated rings. The molecule has 0 radical (unpaired) electrons. The van der Waals surface area contributed by atoms with E-state index in [-0.39, 0.29) is 23.7 Å². The third-order valence-electron chi connectivity index (χ3n) is 6.53. The Labute approximate surface area is 171 Å². The van der Waals surface area contributed by atoms with Gasteiger partial charge in [-0.1, -0.05) is 75.6 Å². The van der Waals surface area contributed by atoms with E-state index in [1.54, 1.807) is 0 Å². The van der Waals surface area contributed by atoms with Crippen LogP contribution in [0.3, 0.4) is 0 Å². The summed E-state index contributed by atoms with van der Waals surface area (Å²) < 4.78 is 6.61. The number of allylic oxidation sites excluding steroid dienone is 4. The largest absolute Gasteiger partial charge is 0.388 e. The Morgan fingerprint density at radius 3 is 2.64 bits per heavy atom. The molecule has 150 valence electrons. The molecule has 1 aromatic rings. The van der Waals surface area contributed by atoms with Gasteiger partial charge in [0.1, 0.15) is 7.28 Å². The summed E-state index contributed by atoms with van der Waals surface area (Å²) >= 11 is 0. The zero-order valence-corrected chi connectivity index (χ0v) is 18.0. The highest BCUT2D eigenvalue weighted by atomic mass is 16.5. The molecule has 28 heavy (non-hydrogen) atoms. The molecule has 2 aliphatic rings. The van der Waals surface area contributed by atoms with E-state index in [4.69, 9.17) is 10.5 Å². The number of rotatable bonds is 7. The van der Waals surface area contributed by atoms with E-state index in [0.29, 0.717) is 11.8 Å². The van der Waals surface area contributed by atoms with Crippen LogP contribution in [-0.2, 0) is 16.5 Å². The van der Waals surface area contributed by atoms with Crippen LogP contribution in [0, 0.1) is 11.8 Å². The molecule has 3 N–H and O–H groups in total. The van der Waals surface area contributed by atoms with Gasteiger partial charge in [0.2, 0.25) is 0 Å². The zero-order valence-electron chi connectivity index (χ0n) is 18.0. The first kappa shape index (κ1) is 20.9. The number of fused-ring (bicyclic) bond motifs is 1. The van der Waals surface area contributed by atoms with Crippen molar-refractivity contribution in [2.75, 3.05) is 12.4 Å². The third kappa shape index (κ3) is 3.99. The Kier molecular flexibility index (Phi) is 6.52. The van der Waals surface area contributed by atoms with Gasteiger partial charge in [-0.25, -0.2) is 0 Å². The Balaban J connectivity index is 1.85. The van der Waals surface area contributed by atoms with Gasteiger partial charge in [-0.15, -0.1) is 0 Å². The van der Waals surface area contributed by atoms with Gasteiger partial charge in [0.05, 0.1) is 12.2 Å². The predicted molar refractivity (Wildman–Crippen MR) is 122 cm³/mol. The molecule has 0 amide bonds. The highest BCUT2D eigenvalue weighted by Gasteiger charge is 2.38. The number of anilines is 1. The van der Waals surface area contributed by atoms with Crippen LogP contribution in [0.5, 0.6) is 0 Å². The van der Waals surface area contributed by atoms with Gasteiger partial charge in [-0.3, -0.25) is 0 Å². The highest BCUT2D eigenvalue weighted by Crippen LogP contribution is 2.39.